The van der Waals surface area contributed by atoms with E-state index < -0.39 is 23.9 Å². The molecule has 0 bridgehead atoms. The summed E-state index contributed by atoms with van der Waals surface area (Å²) < 4.78 is 16.4. The van der Waals surface area contributed by atoms with Gasteiger partial charge in [-0.2, -0.15) is 0 Å². The van der Waals surface area contributed by atoms with Gasteiger partial charge in [-0.25, -0.2) is 9.78 Å². The second-order valence-corrected chi connectivity index (χ2v) is 8.34. The third kappa shape index (κ3) is 5.64. The number of nitrogens with zero attached hydrogens (tertiary/aromatic N) is 2. The van der Waals surface area contributed by atoms with Crippen LogP contribution in [0.25, 0.3) is 11.1 Å². The van der Waals surface area contributed by atoms with Crippen molar-refractivity contribution < 1.29 is 28.3 Å². The Morgan fingerprint density at radius 1 is 1.12 bits per heavy atom. The van der Waals surface area contributed by atoms with Gasteiger partial charge in [0.05, 0.1) is 19.8 Å². The van der Waals surface area contributed by atoms with E-state index in [9.17, 15) is 14.4 Å². The number of amides is 2. The standard InChI is InChI=1S/C23H29N3O6/c27-18(22-25-17-8-4-5-9-19(17)31-22)15-24-21(28)20(14-16-6-2-1-3-7-16)32-23(29)26-10-12-30-13-11-26/h4-5,8-9,16,20H,1-3,6-7,10-15H2,(H,24,28). The zero-order chi connectivity index (χ0) is 22.3. The van der Waals surface area contributed by atoms with Gasteiger partial charge < -0.3 is 24.1 Å². The highest BCUT2D eigenvalue weighted by atomic mass is 16.6. The molecule has 1 aliphatic heterocycles. The number of fused-ring (bicyclic) bond motifs is 1. The number of carbonyl (C=O) groups excluding carboxylic acids is 3. The molecule has 172 valence electrons. The second-order valence-electron chi connectivity index (χ2n) is 8.34. The molecule has 1 atom stereocenters. The predicted octanol–water partition coefficient (Wildman–Crippen LogP) is 2.93. The van der Waals surface area contributed by atoms with E-state index in [0.29, 0.717) is 49.7 Å². The molecular weight excluding hydrogens is 414 g/mol. The molecule has 1 N–H and O–H groups in total. The number of ketones is 1. The zero-order valence-corrected chi connectivity index (χ0v) is 18.1. The molecule has 1 aliphatic carbocycles. The Balaban J connectivity index is 1.37. The Kier molecular flexibility index (Phi) is 7.36. The molecule has 0 spiro atoms. The van der Waals surface area contributed by atoms with Crippen LogP contribution in [0.1, 0.15) is 49.2 Å². The van der Waals surface area contributed by atoms with Crippen LogP contribution in [0.2, 0.25) is 0 Å². The Labute approximate surface area is 186 Å². The number of rotatable bonds is 7. The van der Waals surface area contributed by atoms with E-state index in [2.05, 4.69) is 10.3 Å². The summed E-state index contributed by atoms with van der Waals surface area (Å²) in [5.41, 5.74) is 1.09. The molecular formula is C23H29N3O6. The summed E-state index contributed by atoms with van der Waals surface area (Å²) in [6.45, 7) is 1.50. The SMILES string of the molecule is O=C(CNC(=O)C(CC1CCCCC1)OC(=O)N1CCOCC1)c1nc2ccccc2o1. The molecule has 2 heterocycles. The van der Waals surface area contributed by atoms with Crippen molar-refractivity contribution in [2.75, 3.05) is 32.8 Å². The van der Waals surface area contributed by atoms with Crippen molar-refractivity contribution in [2.45, 2.75) is 44.6 Å². The van der Waals surface area contributed by atoms with E-state index in [1.54, 1.807) is 29.2 Å². The fourth-order valence-corrected chi connectivity index (χ4v) is 4.22. The van der Waals surface area contributed by atoms with Gasteiger partial charge in [0.2, 0.25) is 5.78 Å². The van der Waals surface area contributed by atoms with E-state index in [4.69, 9.17) is 13.9 Å². The molecule has 0 radical (unpaired) electrons. The number of hydrogen-bond donors (Lipinski definition) is 1. The first-order chi connectivity index (χ1) is 15.6. The highest BCUT2D eigenvalue weighted by Crippen LogP contribution is 2.28. The lowest BCUT2D eigenvalue weighted by Crippen LogP contribution is -2.46. The maximum absolute atomic E-state index is 12.9. The van der Waals surface area contributed by atoms with E-state index in [1.165, 1.54) is 6.42 Å². The number of ether oxygens (including phenoxy) is 2. The van der Waals surface area contributed by atoms with Crippen molar-refractivity contribution >= 4 is 28.9 Å². The first-order valence-corrected chi connectivity index (χ1v) is 11.3. The summed E-state index contributed by atoms with van der Waals surface area (Å²) in [5.74, 6) is -0.641. The normalized spacial score (nSPS) is 18.3. The molecule has 9 heteroatoms. The van der Waals surface area contributed by atoms with Gasteiger partial charge in [-0.05, 0) is 24.5 Å². The van der Waals surface area contributed by atoms with E-state index in [0.717, 1.165) is 25.7 Å². The largest absolute Gasteiger partial charge is 0.436 e. The van der Waals surface area contributed by atoms with Gasteiger partial charge in [-0.3, -0.25) is 9.59 Å². The number of benzene rings is 1. The average Bonchev–Trinajstić information content (AvgIpc) is 3.27. The van der Waals surface area contributed by atoms with Crippen molar-refractivity contribution in [3.63, 3.8) is 0 Å². The molecule has 1 unspecified atom stereocenters. The fourth-order valence-electron chi connectivity index (χ4n) is 4.22. The Bertz CT molecular complexity index is 913. The van der Waals surface area contributed by atoms with Gasteiger partial charge in [0.15, 0.2) is 11.7 Å². The molecule has 9 nitrogen and oxygen atoms in total. The first-order valence-electron chi connectivity index (χ1n) is 11.3. The molecule has 1 aromatic heterocycles. The first kappa shape index (κ1) is 22.3. The number of nitrogens with one attached hydrogen (secondary N) is 1. The topological polar surface area (TPSA) is 111 Å². The minimum Gasteiger partial charge on any atom is -0.436 e. The lowest BCUT2D eigenvalue weighted by atomic mass is 9.85. The summed E-state index contributed by atoms with van der Waals surface area (Å²) in [4.78, 5) is 43.7. The van der Waals surface area contributed by atoms with Crippen LogP contribution in [-0.4, -0.2) is 66.6 Å². The minimum absolute atomic E-state index is 0.0550. The Morgan fingerprint density at radius 2 is 1.88 bits per heavy atom. The van der Waals surface area contributed by atoms with E-state index in [-0.39, 0.29) is 12.4 Å². The third-order valence-corrected chi connectivity index (χ3v) is 6.03. The molecule has 32 heavy (non-hydrogen) atoms. The van der Waals surface area contributed by atoms with Crippen molar-refractivity contribution in [1.29, 1.82) is 0 Å². The van der Waals surface area contributed by atoms with Crippen LogP contribution < -0.4 is 5.32 Å². The average molecular weight is 444 g/mol. The Morgan fingerprint density at radius 3 is 2.62 bits per heavy atom. The van der Waals surface area contributed by atoms with E-state index >= 15 is 0 Å². The summed E-state index contributed by atoms with van der Waals surface area (Å²) in [5, 5.41) is 2.61. The molecule has 2 aromatic rings. The molecule has 2 amide bonds. The van der Waals surface area contributed by atoms with Crippen molar-refractivity contribution in [1.82, 2.24) is 15.2 Å². The number of para-hydroxylation sites is 2. The maximum atomic E-state index is 12.9. The van der Waals surface area contributed by atoms with Gasteiger partial charge in [-0.1, -0.05) is 44.2 Å². The number of morpholine rings is 1. The van der Waals surface area contributed by atoms with Crippen LogP contribution in [0.4, 0.5) is 4.79 Å². The van der Waals surface area contributed by atoms with Crippen LogP contribution in [0.3, 0.4) is 0 Å². The fraction of sp³-hybridized carbons (Fsp3) is 0.565. The lowest BCUT2D eigenvalue weighted by molar-refractivity contribution is -0.131. The third-order valence-electron chi connectivity index (χ3n) is 6.03. The second kappa shape index (κ2) is 10.6. The number of Topliss-reactive ketones (excluding diaryl/α,β-unsaturated/α-hetero) is 1. The monoisotopic (exact) mass is 443 g/mol. The van der Waals surface area contributed by atoms with Crippen LogP contribution in [0.5, 0.6) is 0 Å². The van der Waals surface area contributed by atoms with Gasteiger partial charge in [0, 0.05) is 13.1 Å². The van der Waals surface area contributed by atoms with E-state index in [1.807, 2.05) is 0 Å². The molecule has 1 saturated carbocycles. The number of carbonyl (C=O) groups is 3. The summed E-state index contributed by atoms with van der Waals surface area (Å²) >= 11 is 0. The maximum Gasteiger partial charge on any atom is 0.410 e. The molecule has 2 fully saturated rings. The zero-order valence-electron chi connectivity index (χ0n) is 18.1. The molecule has 1 saturated heterocycles. The molecule has 2 aliphatic rings. The summed E-state index contributed by atoms with van der Waals surface area (Å²) in [6.07, 6.45) is 4.46. The van der Waals surface area contributed by atoms with Crippen molar-refractivity contribution in [3.05, 3.63) is 30.2 Å². The van der Waals surface area contributed by atoms with Crippen LogP contribution >= 0.6 is 0 Å². The smallest absolute Gasteiger partial charge is 0.410 e. The van der Waals surface area contributed by atoms with Crippen LogP contribution in [-0.2, 0) is 14.3 Å². The van der Waals surface area contributed by atoms with Gasteiger partial charge in [0.1, 0.15) is 5.52 Å². The van der Waals surface area contributed by atoms with Gasteiger partial charge in [0.25, 0.3) is 11.8 Å². The summed E-state index contributed by atoms with van der Waals surface area (Å²) in [6, 6.07) is 7.07. The number of aromatic nitrogens is 1. The van der Waals surface area contributed by atoms with Crippen molar-refractivity contribution in [3.8, 4) is 0 Å². The van der Waals surface area contributed by atoms with Crippen LogP contribution in [0.15, 0.2) is 28.7 Å². The minimum atomic E-state index is -0.940. The quantitative estimate of drug-likeness (QED) is 0.655. The van der Waals surface area contributed by atoms with Crippen molar-refractivity contribution in [2.24, 2.45) is 5.92 Å². The van der Waals surface area contributed by atoms with Gasteiger partial charge >= 0.3 is 6.09 Å². The Hall–Kier alpha value is -2.94. The summed E-state index contributed by atoms with van der Waals surface area (Å²) in [7, 11) is 0. The lowest BCUT2D eigenvalue weighted by Gasteiger charge is -2.30. The number of hydrogen-bond acceptors (Lipinski definition) is 7. The van der Waals surface area contributed by atoms with Crippen LogP contribution in [0, 0.1) is 5.92 Å². The number of oxazole rings is 1. The predicted molar refractivity (Wildman–Crippen MR) is 115 cm³/mol. The molecule has 1 aromatic carbocycles. The highest BCUT2D eigenvalue weighted by molar-refractivity contribution is 5.98. The van der Waals surface area contributed by atoms with Gasteiger partial charge in [-0.15, -0.1) is 0 Å². The highest BCUT2D eigenvalue weighted by Gasteiger charge is 2.30. The molecule has 4 rings (SSSR count).